The highest BCUT2D eigenvalue weighted by Gasteiger charge is 2.19. The standard InChI is InChI=1S/C14H9BrCl2F2/c1-7-4-10(13(19)6-12(7)18)14(15)9-3-2-8(16)5-11(9)17/h2-6,14H,1H3. The highest BCUT2D eigenvalue weighted by molar-refractivity contribution is 9.09. The van der Waals surface area contributed by atoms with Gasteiger partial charge in [-0.05, 0) is 36.2 Å². The molecular formula is C14H9BrCl2F2. The fourth-order valence-corrected chi connectivity index (χ4v) is 3.15. The van der Waals surface area contributed by atoms with E-state index in [1.807, 2.05) is 0 Å². The van der Waals surface area contributed by atoms with Crippen LogP contribution in [-0.4, -0.2) is 0 Å². The lowest BCUT2D eigenvalue weighted by Gasteiger charge is -2.14. The van der Waals surface area contributed by atoms with Gasteiger partial charge in [-0.3, -0.25) is 0 Å². The molecule has 0 saturated carbocycles. The van der Waals surface area contributed by atoms with Crippen LogP contribution in [0.4, 0.5) is 8.78 Å². The van der Waals surface area contributed by atoms with Crippen molar-refractivity contribution in [2.45, 2.75) is 11.8 Å². The number of benzene rings is 2. The predicted octanol–water partition coefficient (Wildman–Crippen LogP) is 6.06. The number of rotatable bonds is 2. The number of halogens is 5. The van der Waals surface area contributed by atoms with Crippen LogP contribution in [0.15, 0.2) is 30.3 Å². The van der Waals surface area contributed by atoms with Gasteiger partial charge in [0.15, 0.2) is 0 Å². The number of hydrogen-bond donors (Lipinski definition) is 0. The quantitative estimate of drug-likeness (QED) is 0.567. The minimum absolute atomic E-state index is 0.336. The molecule has 100 valence electrons. The Hall–Kier alpha value is -0.640. The molecule has 2 rings (SSSR count). The summed E-state index contributed by atoms with van der Waals surface area (Å²) in [5.41, 5.74) is 1.39. The van der Waals surface area contributed by atoms with Crippen LogP contribution in [0, 0.1) is 18.6 Å². The van der Waals surface area contributed by atoms with E-state index in [1.165, 1.54) is 6.07 Å². The van der Waals surface area contributed by atoms with E-state index in [2.05, 4.69) is 15.9 Å². The number of alkyl halides is 1. The molecule has 0 bridgehead atoms. The van der Waals surface area contributed by atoms with Gasteiger partial charge in [0.25, 0.3) is 0 Å². The second-order valence-electron chi connectivity index (χ2n) is 4.15. The molecule has 2 aromatic carbocycles. The third kappa shape index (κ3) is 3.10. The van der Waals surface area contributed by atoms with Crippen molar-refractivity contribution in [1.29, 1.82) is 0 Å². The maximum atomic E-state index is 13.8. The highest BCUT2D eigenvalue weighted by Crippen LogP contribution is 2.38. The predicted molar refractivity (Wildman–Crippen MR) is 78.3 cm³/mol. The van der Waals surface area contributed by atoms with Crippen molar-refractivity contribution in [3.05, 3.63) is 68.7 Å². The van der Waals surface area contributed by atoms with Crippen molar-refractivity contribution in [1.82, 2.24) is 0 Å². The van der Waals surface area contributed by atoms with E-state index in [0.717, 1.165) is 6.07 Å². The second-order valence-corrected chi connectivity index (χ2v) is 5.91. The van der Waals surface area contributed by atoms with E-state index in [9.17, 15) is 8.78 Å². The Morgan fingerprint density at radius 1 is 1.00 bits per heavy atom. The molecule has 2 aromatic rings. The van der Waals surface area contributed by atoms with Crippen molar-refractivity contribution in [2.24, 2.45) is 0 Å². The maximum Gasteiger partial charge on any atom is 0.130 e. The molecule has 0 heterocycles. The Labute approximate surface area is 128 Å². The van der Waals surface area contributed by atoms with Gasteiger partial charge in [0.1, 0.15) is 11.6 Å². The van der Waals surface area contributed by atoms with Gasteiger partial charge in [-0.2, -0.15) is 0 Å². The summed E-state index contributed by atoms with van der Waals surface area (Å²) >= 11 is 15.3. The molecule has 0 aliphatic heterocycles. The monoisotopic (exact) mass is 364 g/mol. The summed E-state index contributed by atoms with van der Waals surface area (Å²) in [6.07, 6.45) is 0. The largest absolute Gasteiger partial charge is 0.207 e. The molecule has 0 N–H and O–H groups in total. The minimum atomic E-state index is -0.615. The Bertz CT molecular complexity index is 629. The third-order valence-electron chi connectivity index (χ3n) is 2.79. The average Bonchev–Trinajstić information content (AvgIpc) is 2.33. The molecule has 0 fully saturated rings. The summed E-state index contributed by atoms with van der Waals surface area (Å²) in [5.74, 6) is -1.18. The fourth-order valence-electron chi connectivity index (χ4n) is 1.75. The van der Waals surface area contributed by atoms with Crippen molar-refractivity contribution in [2.75, 3.05) is 0 Å². The van der Waals surface area contributed by atoms with Crippen LogP contribution in [0.1, 0.15) is 21.5 Å². The van der Waals surface area contributed by atoms with E-state index < -0.39 is 16.5 Å². The molecule has 0 aromatic heterocycles. The summed E-state index contributed by atoms with van der Waals surface area (Å²) in [4.78, 5) is -0.462. The van der Waals surface area contributed by atoms with Gasteiger partial charge in [0.05, 0.1) is 4.83 Å². The number of hydrogen-bond acceptors (Lipinski definition) is 0. The third-order valence-corrected chi connectivity index (χ3v) is 4.34. The molecule has 0 nitrogen and oxygen atoms in total. The molecule has 0 radical (unpaired) electrons. The van der Waals surface area contributed by atoms with Crippen LogP contribution in [0.3, 0.4) is 0 Å². The van der Waals surface area contributed by atoms with Crippen molar-refractivity contribution < 1.29 is 8.78 Å². The van der Waals surface area contributed by atoms with Gasteiger partial charge in [0, 0.05) is 21.7 Å². The van der Waals surface area contributed by atoms with Crippen LogP contribution in [-0.2, 0) is 0 Å². The average molecular weight is 366 g/mol. The summed E-state index contributed by atoms with van der Waals surface area (Å²) in [6.45, 7) is 1.58. The van der Waals surface area contributed by atoms with E-state index in [1.54, 1.807) is 25.1 Å². The Kier molecular flexibility index (Phi) is 4.49. The fraction of sp³-hybridized carbons (Fsp3) is 0.143. The maximum absolute atomic E-state index is 13.8. The first-order valence-corrected chi connectivity index (χ1v) is 7.12. The first-order chi connectivity index (χ1) is 8.90. The zero-order valence-electron chi connectivity index (χ0n) is 9.85. The first kappa shape index (κ1) is 14.8. The molecule has 1 unspecified atom stereocenters. The molecule has 19 heavy (non-hydrogen) atoms. The second kappa shape index (κ2) is 5.78. The van der Waals surface area contributed by atoms with Crippen LogP contribution in [0.5, 0.6) is 0 Å². The zero-order valence-corrected chi connectivity index (χ0v) is 13.0. The van der Waals surface area contributed by atoms with Crippen LogP contribution >= 0.6 is 39.1 Å². The summed E-state index contributed by atoms with van der Waals surface area (Å²) < 4.78 is 27.1. The summed E-state index contributed by atoms with van der Waals surface area (Å²) in [7, 11) is 0. The summed E-state index contributed by atoms with van der Waals surface area (Å²) in [5, 5.41) is 0.931. The zero-order chi connectivity index (χ0) is 14.2. The van der Waals surface area contributed by atoms with Crippen LogP contribution < -0.4 is 0 Å². The van der Waals surface area contributed by atoms with Gasteiger partial charge in [-0.1, -0.05) is 45.2 Å². The van der Waals surface area contributed by atoms with Crippen molar-refractivity contribution >= 4 is 39.1 Å². The Morgan fingerprint density at radius 2 is 1.68 bits per heavy atom. The van der Waals surface area contributed by atoms with E-state index in [-0.39, 0.29) is 0 Å². The van der Waals surface area contributed by atoms with Gasteiger partial charge >= 0.3 is 0 Å². The molecule has 0 spiro atoms. The molecule has 1 atom stereocenters. The smallest absolute Gasteiger partial charge is 0.130 e. The van der Waals surface area contributed by atoms with Gasteiger partial charge < -0.3 is 0 Å². The Balaban J connectivity index is 2.49. The van der Waals surface area contributed by atoms with E-state index in [4.69, 9.17) is 23.2 Å². The Morgan fingerprint density at radius 3 is 2.32 bits per heavy atom. The lowest BCUT2D eigenvalue weighted by molar-refractivity contribution is 0.569. The first-order valence-electron chi connectivity index (χ1n) is 5.44. The van der Waals surface area contributed by atoms with Crippen molar-refractivity contribution in [3.8, 4) is 0 Å². The van der Waals surface area contributed by atoms with Gasteiger partial charge in [-0.15, -0.1) is 0 Å². The van der Waals surface area contributed by atoms with Crippen LogP contribution in [0.2, 0.25) is 10.0 Å². The van der Waals surface area contributed by atoms with Gasteiger partial charge in [0.2, 0.25) is 0 Å². The summed E-state index contributed by atoms with van der Waals surface area (Å²) in [6, 6.07) is 7.31. The van der Waals surface area contributed by atoms with E-state index in [0.29, 0.717) is 26.7 Å². The lowest BCUT2D eigenvalue weighted by Crippen LogP contribution is -2.00. The molecule has 0 amide bonds. The molecular weight excluding hydrogens is 357 g/mol. The van der Waals surface area contributed by atoms with Gasteiger partial charge in [-0.25, -0.2) is 8.78 Å². The molecule has 0 aliphatic rings. The molecule has 5 heteroatoms. The van der Waals surface area contributed by atoms with Crippen LogP contribution in [0.25, 0.3) is 0 Å². The normalized spacial score (nSPS) is 12.5. The van der Waals surface area contributed by atoms with E-state index >= 15 is 0 Å². The topological polar surface area (TPSA) is 0 Å². The molecule has 0 saturated heterocycles. The van der Waals surface area contributed by atoms with Crippen molar-refractivity contribution in [3.63, 3.8) is 0 Å². The minimum Gasteiger partial charge on any atom is -0.207 e. The lowest BCUT2D eigenvalue weighted by atomic mass is 10.0. The highest BCUT2D eigenvalue weighted by atomic mass is 79.9. The SMILES string of the molecule is Cc1cc(C(Br)c2ccc(Cl)cc2Cl)c(F)cc1F. The number of aryl methyl sites for hydroxylation is 1. The molecule has 0 aliphatic carbocycles.